The molecule has 1 aliphatic heterocycles. The Morgan fingerprint density at radius 3 is 2.25 bits per heavy atom. The fourth-order valence-corrected chi connectivity index (χ4v) is 4.16. The van der Waals surface area contributed by atoms with E-state index in [0.29, 0.717) is 19.0 Å². The maximum absolute atomic E-state index is 13.1. The molecule has 1 unspecified atom stereocenters. The molecule has 32 heavy (non-hydrogen) atoms. The summed E-state index contributed by atoms with van der Waals surface area (Å²) in [6, 6.07) is 31.7. The first-order valence-corrected chi connectivity index (χ1v) is 10.9. The topological polar surface area (TPSA) is 54.5 Å². The number of pyridine rings is 1. The molecule has 1 atom stereocenters. The van der Waals surface area contributed by atoms with Crippen LogP contribution in [0.5, 0.6) is 5.88 Å². The van der Waals surface area contributed by atoms with E-state index < -0.39 is 0 Å². The summed E-state index contributed by atoms with van der Waals surface area (Å²) in [6.07, 6.45) is 0.713. The first kappa shape index (κ1) is 20.1. The monoisotopic (exact) mass is 423 g/mol. The molecule has 3 aromatic carbocycles. The van der Waals surface area contributed by atoms with Crippen LogP contribution in [0.3, 0.4) is 0 Å². The second-order valence-electron chi connectivity index (χ2n) is 8.02. The zero-order valence-electron chi connectivity index (χ0n) is 17.7. The Morgan fingerprint density at radius 2 is 1.53 bits per heavy atom. The van der Waals surface area contributed by atoms with Gasteiger partial charge in [-0.2, -0.15) is 0 Å². The number of hydrogen-bond donors (Lipinski definition) is 1. The van der Waals surface area contributed by atoms with Crippen LogP contribution < -0.4 is 10.1 Å². The lowest BCUT2D eigenvalue weighted by molar-refractivity contribution is 0.182. The summed E-state index contributed by atoms with van der Waals surface area (Å²) in [5.41, 5.74) is 3.02. The fourth-order valence-electron chi connectivity index (χ4n) is 4.16. The maximum atomic E-state index is 13.1. The average Bonchev–Trinajstić information content (AvgIpc) is 3.32. The summed E-state index contributed by atoms with van der Waals surface area (Å²) in [7, 11) is 0. The molecule has 0 saturated carbocycles. The molecule has 1 N–H and O–H groups in total. The number of aromatic nitrogens is 1. The Hall–Kier alpha value is -3.86. The minimum Gasteiger partial charge on any atom is -0.472 e. The quantitative estimate of drug-likeness (QED) is 0.481. The van der Waals surface area contributed by atoms with Crippen molar-refractivity contribution in [1.29, 1.82) is 0 Å². The number of carbonyl (C=O) groups is 1. The van der Waals surface area contributed by atoms with Crippen molar-refractivity contribution in [1.82, 2.24) is 15.2 Å². The van der Waals surface area contributed by atoms with Gasteiger partial charge in [-0.05, 0) is 23.3 Å². The largest absolute Gasteiger partial charge is 0.472 e. The molecule has 1 aliphatic rings. The van der Waals surface area contributed by atoms with E-state index in [-0.39, 0.29) is 18.2 Å². The zero-order valence-corrected chi connectivity index (χ0v) is 17.7. The third-order valence-corrected chi connectivity index (χ3v) is 5.83. The van der Waals surface area contributed by atoms with E-state index in [1.165, 1.54) is 0 Å². The Kier molecular flexibility index (Phi) is 5.71. The Labute approximate surface area is 187 Å². The van der Waals surface area contributed by atoms with Gasteiger partial charge in [0.1, 0.15) is 6.10 Å². The number of amides is 2. The van der Waals surface area contributed by atoms with Crippen molar-refractivity contribution >= 4 is 16.9 Å². The van der Waals surface area contributed by atoms with Crippen molar-refractivity contribution in [3.8, 4) is 5.88 Å². The minimum atomic E-state index is -0.202. The number of ether oxygens (including phenoxy) is 1. The van der Waals surface area contributed by atoms with Gasteiger partial charge >= 0.3 is 6.03 Å². The van der Waals surface area contributed by atoms with Gasteiger partial charge in [-0.1, -0.05) is 78.9 Å². The fraction of sp³-hybridized carbons (Fsp3) is 0.185. The normalized spacial score (nSPS) is 15.8. The van der Waals surface area contributed by atoms with Gasteiger partial charge < -0.3 is 15.0 Å². The van der Waals surface area contributed by atoms with Crippen molar-refractivity contribution in [2.24, 2.45) is 0 Å². The SMILES string of the molecule is O=C(NC(c1ccccc1)c1ccccc1)N1CCC(Oc2ccc3ccccc3n2)C1. The van der Waals surface area contributed by atoms with Gasteiger partial charge in [0.15, 0.2) is 0 Å². The smallest absolute Gasteiger partial charge is 0.318 e. The van der Waals surface area contributed by atoms with Crippen LogP contribution in [0.2, 0.25) is 0 Å². The number of likely N-dealkylation sites (tertiary alicyclic amines) is 1. The van der Waals surface area contributed by atoms with Gasteiger partial charge in [0.25, 0.3) is 0 Å². The number of rotatable bonds is 5. The van der Waals surface area contributed by atoms with Crippen LogP contribution in [0, 0.1) is 0 Å². The predicted molar refractivity (Wildman–Crippen MR) is 126 cm³/mol. The van der Waals surface area contributed by atoms with Gasteiger partial charge in [-0.15, -0.1) is 0 Å². The molecule has 5 rings (SSSR count). The first-order valence-electron chi connectivity index (χ1n) is 10.9. The summed E-state index contributed by atoms with van der Waals surface area (Å²) in [5, 5.41) is 4.30. The molecule has 1 saturated heterocycles. The highest BCUT2D eigenvalue weighted by Crippen LogP contribution is 2.24. The van der Waals surface area contributed by atoms with Crippen molar-refractivity contribution in [3.63, 3.8) is 0 Å². The van der Waals surface area contributed by atoms with Crippen LogP contribution in [0.25, 0.3) is 10.9 Å². The van der Waals surface area contributed by atoms with Crippen LogP contribution in [0.4, 0.5) is 4.79 Å². The summed E-state index contributed by atoms with van der Waals surface area (Å²) >= 11 is 0. The number of urea groups is 1. The number of benzene rings is 3. The van der Waals surface area contributed by atoms with E-state index in [1.807, 2.05) is 102 Å². The highest BCUT2D eigenvalue weighted by Gasteiger charge is 2.29. The Bertz CT molecular complexity index is 1160. The van der Waals surface area contributed by atoms with Crippen LogP contribution in [0.1, 0.15) is 23.6 Å². The molecule has 1 fully saturated rings. The molecule has 0 spiro atoms. The third-order valence-electron chi connectivity index (χ3n) is 5.83. The van der Waals surface area contributed by atoms with Crippen LogP contribution in [-0.2, 0) is 0 Å². The number of hydrogen-bond acceptors (Lipinski definition) is 3. The molecule has 5 heteroatoms. The second kappa shape index (κ2) is 9.10. The molecule has 2 heterocycles. The molecule has 160 valence electrons. The molecule has 1 aromatic heterocycles. The zero-order chi connectivity index (χ0) is 21.8. The molecule has 5 nitrogen and oxygen atoms in total. The molecule has 0 radical (unpaired) electrons. The maximum Gasteiger partial charge on any atom is 0.318 e. The van der Waals surface area contributed by atoms with Crippen LogP contribution in [-0.4, -0.2) is 35.1 Å². The van der Waals surface area contributed by atoms with Crippen LogP contribution >= 0.6 is 0 Å². The van der Waals surface area contributed by atoms with E-state index in [1.54, 1.807) is 0 Å². The predicted octanol–water partition coefficient (Wildman–Crippen LogP) is 5.19. The van der Waals surface area contributed by atoms with Crippen molar-refractivity contribution in [2.45, 2.75) is 18.6 Å². The van der Waals surface area contributed by atoms with Gasteiger partial charge in [0, 0.05) is 24.4 Å². The van der Waals surface area contributed by atoms with Gasteiger partial charge in [0.2, 0.25) is 5.88 Å². The highest BCUT2D eigenvalue weighted by molar-refractivity contribution is 5.79. The molecular formula is C27H25N3O2. The lowest BCUT2D eigenvalue weighted by atomic mass is 9.99. The third kappa shape index (κ3) is 4.42. The highest BCUT2D eigenvalue weighted by atomic mass is 16.5. The molecule has 0 aliphatic carbocycles. The number of carbonyl (C=O) groups excluding carboxylic acids is 1. The molecule has 2 amide bonds. The summed E-state index contributed by atoms with van der Waals surface area (Å²) in [6.45, 7) is 1.19. The van der Waals surface area contributed by atoms with Crippen LogP contribution in [0.15, 0.2) is 97.1 Å². The van der Waals surface area contributed by atoms with Gasteiger partial charge in [-0.25, -0.2) is 9.78 Å². The number of para-hydroxylation sites is 1. The van der Waals surface area contributed by atoms with E-state index in [9.17, 15) is 4.79 Å². The number of nitrogens with one attached hydrogen (secondary N) is 1. The number of nitrogens with zero attached hydrogens (tertiary/aromatic N) is 2. The minimum absolute atomic E-state index is 0.0682. The molecular weight excluding hydrogens is 398 g/mol. The lowest BCUT2D eigenvalue weighted by Crippen LogP contribution is -2.41. The summed E-state index contributed by atoms with van der Waals surface area (Å²) < 4.78 is 6.11. The van der Waals surface area contributed by atoms with Gasteiger partial charge in [-0.3, -0.25) is 0 Å². The standard InChI is InChI=1S/C27H25N3O2/c31-27(29-26(21-10-3-1-4-11-21)22-12-5-2-6-13-22)30-18-17-23(19-30)32-25-16-15-20-9-7-8-14-24(20)28-25/h1-16,23,26H,17-19H2,(H,29,31). The summed E-state index contributed by atoms with van der Waals surface area (Å²) in [4.78, 5) is 19.5. The molecule has 0 bridgehead atoms. The van der Waals surface area contributed by atoms with Crippen molar-refractivity contribution in [2.75, 3.05) is 13.1 Å². The van der Waals surface area contributed by atoms with E-state index in [2.05, 4.69) is 10.3 Å². The lowest BCUT2D eigenvalue weighted by Gasteiger charge is -2.24. The Morgan fingerprint density at radius 1 is 0.875 bits per heavy atom. The second-order valence-corrected chi connectivity index (χ2v) is 8.02. The average molecular weight is 424 g/mol. The Balaban J connectivity index is 1.26. The summed E-state index contributed by atoms with van der Waals surface area (Å²) in [5.74, 6) is 0.599. The van der Waals surface area contributed by atoms with E-state index in [4.69, 9.17) is 4.74 Å². The van der Waals surface area contributed by atoms with Gasteiger partial charge in [0.05, 0.1) is 18.1 Å². The van der Waals surface area contributed by atoms with Crippen molar-refractivity contribution < 1.29 is 9.53 Å². The number of fused-ring (bicyclic) bond motifs is 1. The first-order chi connectivity index (χ1) is 15.8. The van der Waals surface area contributed by atoms with E-state index >= 15 is 0 Å². The van der Waals surface area contributed by atoms with Crippen molar-refractivity contribution in [3.05, 3.63) is 108 Å². The van der Waals surface area contributed by atoms with E-state index in [0.717, 1.165) is 28.5 Å². The molecule has 4 aromatic rings.